The Kier molecular flexibility index (Phi) is 5.19. The summed E-state index contributed by atoms with van der Waals surface area (Å²) in [6.07, 6.45) is 3.93. The normalized spacial score (nSPS) is 8.55. The molecule has 0 saturated carbocycles. The Morgan fingerprint density at radius 2 is 1.91 bits per heavy atom. The molecule has 62 valence electrons. The van der Waals surface area contributed by atoms with Gasteiger partial charge < -0.3 is 28.7 Å². The van der Waals surface area contributed by atoms with E-state index >= 15 is 0 Å². The number of nitrogens with zero attached hydrogens (tertiary/aromatic N) is 1. The smallest absolute Gasteiger partial charge is 0.172 e. The molecule has 0 saturated heterocycles. The fraction of sp³-hybridized carbons (Fsp3) is 0.375. The zero-order valence-corrected chi connectivity index (χ0v) is 8.91. The van der Waals surface area contributed by atoms with Crippen LogP contribution in [0.2, 0.25) is 0 Å². The zero-order valence-electron chi connectivity index (χ0n) is 6.75. The van der Waals surface area contributed by atoms with Crippen LogP contribution >= 0.6 is 0 Å². The average molecular weight is 265 g/mol. The number of hydrogen-bond acceptors (Lipinski definition) is 1. The third-order valence-corrected chi connectivity index (χ3v) is 1.26. The summed E-state index contributed by atoms with van der Waals surface area (Å²) in [5.41, 5.74) is 0. The molecular formula is C8H12INO. The molecular weight excluding hydrogens is 253 g/mol. The van der Waals surface area contributed by atoms with Gasteiger partial charge in [0.25, 0.3) is 0 Å². The first kappa shape index (κ1) is 10.7. The van der Waals surface area contributed by atoms with Crippen LogP contribution in [0.25, 0.3) is 0 Å². The number of aryl methyl sites for hydroxylation is 1. The van der Waals surface area contributed by atoms with E-state index in [0.717, 1.165) is 12.4 Å². The third kappa shape index (κ3) is 3.55. The SMILES string of the molecule is CCOc1cc[n+](C)cc1.[I-]. The summed E-state index contributed by atoms with van der Waals surface area (Å²) in [5, 5.41) is 0. The van der Waals surface area contributed by atoms with Gasteiger partial charge in [0.15, 0.2) is 12.4 Å². The molecule has 0 bridgehead atoms. The average Bonchev–Trinajstić information content (AvgIpc) is 1.95. The highest BCUT2D eigenvalue weighted by Gasteiger charge is 1.92. The lowest BCUT2D eigenvalue weighted by atomic mass is 10.4. The Morgan fingerprint density at radius 1 is 1.36 bits per heavy atom. The minimum atomic E-state index is 0. The van der Waals surface area contributed by atoms with Crippen molar-refractivity contribution in [2.45, 2.75) is 6.92 Å². The lowest BCUT2D eigenvalue weighted by molar-refractivity contribution is -0.671. The van der Waals surface area contributed by atoms with Crippen molar-refractivity contribution in [1.82, 2.24) is 0 Å². The molecule has 0 aromatic carbocycles. The van der Waals surface area contributed by atoms with Crippen molar-refractivity contribution in [1.29, 1.82) is 0 Å². The number of rotatable bonds is 2. The molecule has 1 heterocycles. The zero-order chi connectivity index (χ0) is 7.40. The highest BCUT2D eigenvalue weighted by molar-refractivity contribution is 5.14. The van der Waals surface area contributed by atoms with Gasteiger partial charge in [-0.25, -0.2) is 4.57 Å². The van der Waals surface area contributed by atoms with E-state index in [-0.39, 0.29) is 24.0 Å². The molecule has 0 spiro atoms. The van der Waals surface area contributed by atoms with Gasteiger partial charge in [-0.2, -0.15) is 0 Å². The van der Waals surface area contributed by atoms with Crippen molar-refractivity contribution >= 4 is 0 Å². The Balaban J connectivity index is 0.000001000. The fourth-order valence-electron chi connectivity index (χ4n) is 0.750. The molecule has 0 unspecified atom stereocenters. The predicted octanol–water partition coefficient (Wildman–Crippen LogP) is -2.09. The van der Waals surface area contributed by atoms with Gasteiger partial charge in [-0.05, 0) is 6.92 Å². The van der Waals surface area contributed by atoms with Crippen molar-refractivity contribution < 1.29 is 33.3 Å². The highest BCUT2D eigenvalue weighted by Crippen LogP contribution is 2.04. The van der Waals surface area contributed by atoms with Gasteiger partial charge >= 0.3 is 0 Å². The van der Waals surface area contributed by atoms with Gasteiger partial charge in [0, 0.05) is 12.1 Å². The van der Waals surface area contributed by atoms with Gasteiger partial charge in [-0.3, -0.25) is 0 Å². The van der Waals surface area contributed by atoms with Crippen LogP contribution in [0, 0.1) is 0 Å². The van der Waals surface area contributed by atoms with E-state index in [9.17, 15) is 0 Å². The van der Waals surface area contributed by atoms with E-state index in [2.05, 4.69) is 0 Å². The summed E-state index contributed by atoms with van der Waals surface area (Å²) >= 11 is 0. The summed E-state index contributed by atoms with van der Waals surface area (Å²) in [5.74, 6) is 0.931. The molecule has 1 rings (SSSR count). The van der Waals surface area contributed by atoms with E-state index in [0.29, 0.717) is 0 Å². The van der Waals surface area contributed by atoms with E-state index < -0.39 is 0 Å². The number of aromatic nitrogens is 1. The highest BCUT2D eigenvalue weighted by atomic mass is 127. The summed E-state index contributed by atoms with van der Waals surface area (Å²) in [4.78, 5) is 0. The number of pyridine rings is 1. The maximum Gasteiger partial charge on any atom is 0.172 e. The second kappa shape index (κ2) is 5.35. The molecule has 0 aliphatic rings. The summed E-state index contributed by atoms with van der Waals surface area (Å²) in [6, 6.07) is 3.90. The topological polar surface area (TPSA) is 13.1 Å². The number of halogens is 1. The second-order valence-corrected chi connectivity index (χ2v) is 2.13. The Bertz CT molecular complexity index is 198. The number of ether oxygens (including phenoxy) is 1. The van der Waals surface area contributed by atoms with Crippen LogP contribution in [-0.2, 0) is 7.05 Å². The Hall–Kier alpha value is -0.320. The second-order valence-electron chi connectivity index (χ2n) is 2.13. The molecule has 0 radical (unpaired) electrons. The lowest BCUT2D eigenvalue weighted by Crippen LogP contribution is -3.00. The maximum absolute atomic E-state index is 5.25. The molecule has 1 aromatic heterocycles. The number of hydrogen-bond donors (Lipinski definition) is 0. The minimum absolute atomic E-state index is 0. The van der Waals surface area contributed by atoms with Crippen LogP contribution in [0.5, 0.6) is 5.75 Å². The molecule has 0 N–H and O–H groups in total. The fourth-order valence-corrected chi connectivity index (χ4v) is 0.750. The van der Waals surface area contributed by atoms with Crippen LogP contribution in [0.1, 0.15) is 6.92 Å². The predicted molar refractivity (Wildman–Crippen MR) is 38.8 cm³/mol. The largest absolute Gasteiger partial charge is 1.00 e. The van der Waals surface area contributed by atoms with E-state index in [4.69, 9.17) is 4.74 Å². The van der Waals surface area contributed by atoms with Crippen molar-refractivity contribution in [3.05, 3.63) is 24.5 Å². The third-order valence-electron chi connectivity index (χ3n) is 1.26. The quantitative estimate of drug-likeness (QED) is 0.441. The summed E-state index contributed by atoms with van der Waals surface area (Å²) < 4.78 is 7.22. The van der Waals surface area contributed by atoms with Gasteiger partial charge in [0.2, 0.25) is 0 Å². The van der Waals surface area contributed by atoms with Crippen LogP contribution in [0.15, 0.2) is 24.5 Å². The van der Waals surface area contributed by atoms with Crippen molar-refractivity contribution in [2.75, 3.05) is 6.61 Å². The van der Waals surface area contributed by atoms with Crippen LogP contribution in [-0.4, -0.2) is 6.61 Å². The van der Waals surface area contributed by atoms with Gasteiger partial charge in [0.05, 0.1) is 6.61 Å². The lowest BCUT2D eigenvalue weighted by Gasteiger charge is -1.98. The molecule has 0 aliphatic carbocycles. The molecule has 3 heteroatoms. The molecule has 2 nitrogen and oxygen atoms in total. The molecule has 11 heavy (non-hydrogen) atoms. The van der Waals surface area contributed by atoms with Crippen molar-refractivity contribution in [3.63, 3.8) is 0 Å². The summed E-state index contributed by atoms with van der Waals surface area (Å²) in [6.45, 7) is 2.71. The first-order valence-corrected chi connectivity index (χ1v) is 3.41. The first-order chi connectivity index (χ1) is 4.83. The molecule has 0 fully saturated rings. The summed E-state index contributed by atoms with van der Waals surface area (Å²) in [7, 11) is 1.98. The molecule has 1 aromatic rings. The van der Waals surface area contributed by atoms with Crippen LogP contribution in [0.4, 0.5) is 0 Å². The van der Waals surface area contributed by atoms with E-state index in [1.807, 2.05) is 43.1 Å². The van der Waals surface area contributed by atoms with Gasteiger partial charge in [-0.1, -0.05) is 0 Å². The van der Waals surface area contributed by atoms with Gasteiger partial charge in [0.1, 0.15) is 12.8 Å². The Morgan fingerprint density at radius 3 is 2.36 bits per heavy atom. The standard InChI is InChI=1S/C8H12NO.HI/c1-3-10-8-4-6-9(2)7-5-8;/h4-7H,3H2,1-2H3;1H/q+1;/p-1. The van der Waals surface area contributed by atoms with Crippen molar-refractivity contribution in [3.8, 4) is 5.75 Å². The molecule has 0 aliphatic heterocycles. The van der Waals surface area contributed by atoms with Gasteiger partial charge in [-0.15, -0.1) is 0 Å². The molecule has 0 amide bonds. The minimum Gasteiger partial charge on any atom is -1.00 e. The van der Waals surface area contributed by atoms with Crippen molar-refractivity contribution in [2.24, 2.45) is 7.05 Å². The van der Waals surface area contributed by atoms with E-state index in [1.54, 1.807) is 0 Å². The first-order valence-electron chi connectivity index (χ1n) is 3.41. The maximum atomic E-state index is 5.25. The van der Waals surface area contributed by atoms with Crippen LogP contribution in [0.3, 0.4) is 0 Å². The Labute approximate surface area is 84.2 Å². The van der Waals surface area contributed by atoms with E-state index in [1.165, 1.54) is 0 Å². The monoisotopic (exact) mass is 265 g/mol. The van der Waals surface area contributed by atoms with Crippen LogP contribution < -0.4 is 33.3 Å². The molecule has 0 atom stereocenters.